The topological polar surface area (TPSA) is 29.9 Å². The molecule has 98 valence electrons. The molecule has 1 aromatic heterocycles. The minimum absolute atomic E-state index is 0.0834. The Hall–Kier alpha value is -1.20. The molecule has 0 saturated carbocycles. The maximum absolute atomic E-state index is 12.0. The largest absolute Gasteiger partial charge is 0.389 e. The molecule has 0 radical (unpaired) electrons. The molecule has 1 aromatic rings. The number of aryl methyl sites for hydroxylation is 2. The highest BCUT2D eigenvalue weighted by Gasteiger charge is 2.26. The highest BCUT2D eigenvalue weighted by molar-refractivity contribution is 5.28. The Morgan fingerprint density at radius 2 is 2.12 bits per heavy atom. The van der Waals surface area contributed by atoms with Gasteiger partial charge >= 0.3 is 6.18 Å². The number of nitrogens with zero attached hydrogens (tertiary/aromatic N) is 2. The minimum Gasteiger partial charge on any atom is -0.356 e. The van der Waals surface area contributed by atoms with Gasteiger partial charge in [0.1, 0.15) is 0 Å². The minimum atomic E-state index is -4.08. The fourth-order valence-corrected chi connectivity index (χ4v) is 1.54. The average Bonchev–Trinajstić information content (AvgIpc) is 2.54. The van der Waals surface area contributed by atoms with Crippen LogP contribution in [0.2, 0.25) is 0 Å². The molecule has 0 aromatic carbocycles. The second-order valence-electron chi connectivity index (χ2n) is 4.04. The van der Waals surface area contributed by atoms with Crippen LogP contribution < -0.4 is 5.32 Å². The summed E-state index contributed by atoms with van der Waals surface area (Å²) in [7, 11) is 0. The van der Waals surface area contributed by atoms with E-state index in [1.165, 1.54) is 0 Å². The Morgan fingerprint density at radius 1 is 1.41 bits per heavy atom. The van der Waals surface area contributed by atoms with Crippen LogP contribution in [0.4, 0.5) is 19.1 Å². The summed E-state index contributed by atoms with van der Waals surface area (Å²) < 4.78 is 37.8. The third kappa shape index (κ3) is 5.10. The van der Waals surface area contributed by atoms with Crippen LogP contribution in [0.1, 0.15) is 31.9 Å². The first-order valence-electron chi connectivity index (χ1n) is 5.77. The van der Waals surface area contributed by atoms with Crippen LogP contribution in [0.5, 0.6) is 0 Å². The standard InChI is InChI=1S/C11H18F3N3/c1-3-6-15-10-16-9(2)8-17(10)7-4-5-11(12,13)14/h8H,3-7H2,1-2H3,(H,15,16). The molecule has 0 unspecified atom stereocenters. The predicted octanol–water partition coefficient (Wildman–Crippen LogP) is 3.36. The second kappa shape index (κ2) is 5.93. The molecule has 1 heterocycles. The molecule has 17 heavy (non-hydrogen) atoms. The van der Waals surface area contributed by atoms with Crippen LogP contribution in [0, 0.1) is 6.92 Å². The fourth-order valence-electron chi connectivity index (χ4n) is 1.54. The Labute approximate surface area is 99.0 Å². The van der Waals surface area contributed by atoms with E-state index in [-0.39, 0.29) is 6.42 Å². The van der Waals surface area contributed by atoms with Gasteiger partial charge in [0.2, 0.25) is 5.95 Å². The lowest BCUT2D eigenvalue weighted by atomic mass is 10.3. The molecule has 6 heteroatoms. The maximum atomic E-state index is 12.0. The number of nitrogens with one attached hydrogen (secondary N) is 1. The first-order chi connectivity index (χ1) is 7.92. The van der Waals surface area contributed by atoms with E-state index >= 15 is 0 Å². The molecule has 0 spiro atoms. The second-order valence-corrected chi connectivity index (χ2v) is 4.04. The molecule has 0 saturated heterocycles. The number of imidazole rings is 1. The Balaban J connectivity index is 2.51. The van der Waals surface area contributed by atoms with Crippen molar-refractivity contribution in [2.75, 3.05) is 11.9 Å². The number of aromatic nitrogens is 2. The lowest BCUT2D eigenvalue weighted by molar-refractivity contribution is -0.135. The van der Waals surface area contributed by atoms with Gasteiger partial charge in [0, 0.05) is 25.7 Å². The quantitative estimate of drug-likeness (QED) is 0.837. The molecule has 0 atom stereocenters. The summed E-state index contributed by atoms with van der Waals surface area (Å²) in [6, 6.07) is 0. The lowest BCUT2D eigenvalue weighted by Gasteiger charge is -2.10. The monoisotopic (exact) mass is 249 g/mol. The van der Waals surface area contributed by atoms with Crippen molar-refractivity contribution in [2.45, 2.75) is 45.8 Å². The number of rotatable bonds is 6. The van der Waals surface area contributed by atoms with Crippen molar-refractivity contribution in [3.63, 3.8) is 0 Å². The van der Waals surface area contributed by atoms with Crippen molar-refractivity contribution in [1.29, 1.82) is 0 Å². The molecule has 1 rings (SSSR count). The smallest absolute Gasteiger partial charge is 0.356 e. The average molecular weight is 249 g/mol. The van der Waals surface area contributed by atoms with Gasteiger partial charge in [0.05, 0.1) is 5.69 Å². The maximum Gasteiger partial charge on any atom is 0.389 e. The van der Waals surface area contributed by atoms with Crippen LogP contribution in [-0.4, -0.2) is 22.3 Å². The van der Waals surface area contributed by atoms with Gasteiger partial charge in [-0.15, -0.1) is 0 Å². The Kier molecular flexibility index (Phi) is 4.84. The third-order valence-electron chi connectivity index (χ3n) is 2.29. The Morgan fingerprint density at radius 3 is 2.71 bits per heavy atom. The van der Waals surface area contributed by atoms with Gasteiger partial charge in [-0.25, -0.2) is 4.98 Å². The van der Waals surface area contributed by atoms with Gasteiger partial charge in [-0.1, -0.05) is 6.92 Å². The third-order valence-corrected chi connectivity index (χ3v) is 2.29. The van der Waals surface area contributed by atoms with E-state index in [0.717, 1.165) is 18.7 Å². The molecule has 1 N–H and O–H groups in total. The van der Waals surface area contributed by atoms with Crippen LogP contribution in [-0.2, 0) is 6.54 Å². The summed E-state index contributed by atoms with van der Waals surface area (Å²) in [4.78, 5) is 4.23. The van der Waals surface area contributed by atoms with Crippen molar-refractivity contribution >= 4 is 5.95 Å². The molecule has 3 nitrogen and oxygen atoms in total. The Bertz CT molecular complexity index is 344. The highest BCUT2D eigenvalue weighted by atomic mass is 19.4. The van der Waals surface area contributed by atoms with Gasteiger partial charge in [0.15, 0.2) is 0 Å². The zero-order valence-electron chi connectivity index (χ0n) is 10.1. The van der Waals surface area contributed by atoms with Crippen molar-refractivity contribution in [1.82, 2.24) is 9.55 Å². The first-order valence-corrected chi connectivity index (χ1v) is 5.77. The first kappa shape index (κ1) is 13.9. The van der Waals surface area contributed by atoms with E-state index in [1.54, 1.807) is 10.8 Å². The molecule has 0 aliphatic rings. The summed E-state index contributed by atoms with van der Waals surface area (Å²) >= 11 is 0. The van der Waals surface area contributed by atoms with Crippen molar-refractivity contribution < 1.29 is 13.2 Å². The SMILES string of the molecule is CCCNc1nc(C)cn1CCCC(F)(F)F. The summed E-state index contributed by atoms with van der Waals surface area (Å²) in [6.45, 7) is 4.97. The van der Waals surface area contributed by atoms with Crippen LogP contribution >= 0.6 is 0 Å². The van der Waals surface area contributed by atoms with E-state index in [0.29, 0.717) is 12.5 Å². The van der Waals surface area contributed by atoms with Gasteiger partial charge in [0.25, 0.3) is 0 Å². The van der Waals surface area contributed by atoms with Crippen LogP contribution in [0.25, 0.3) is 0 Å². The summed E-state index contributed by atoms with van der Waals surface area (Å²) in [5.74, 6) is 0.659. The zero-order valence-corrected chi connectivity index (χ0v) is 10.1. The molecular weight excluding hydrogens is 231 g/mol. The normalized spacial score (nSPS) is 11.8. The number of anilines is 1. The van der Waals surface area contributed by atoms with Crippen LogP contribution in [0.3, 0.4) is 0 Å². The number of halogens is 3. The summed E-state index contributed by atoms with van der Waals surface area (Å²) in [5, 5.41) is 3.10. The molecule has 0 aliphatic heterocycles. The molecule has 0 fully saturated rings. The van der Waals surface area contributed by atoms with E-state index < -0.39 is 12.6 Å². The van der Waals surface area contributed by atoms with Gasteiger partial charge < -0.3 is 9.88 Å². The number of alkyl halides is 3. The highest BCUT2D eigenvalue weighted by Crippen LogP contribution is 2.22. The van der Waals surface area contributed by atoms with Gasteiger partial charge in [-0.05, 0) is 19.8 Å². The summed E-state index contributed by atoms with van der Waals surface area (Å²) in [5.41, 5.74) is 0.815. The number of hydrogen-bond donors (Lipinski definition) is 1. The van der Waals surface area contributed by atoms with E-state index in [2.05, 4.69) is 10.3 Å². The van der Waals surface area contributed by atoms with E-state index in [1.807, 2.05) is 13.8 Å². The zero-order chi connectivity index (χ0) is 12.9. The lowest BCUT2D eigenvalue weighted by Crippen LogP contribution is -2.11. The van der Waals surface area contributed by atoms with Gasteiger partial charge in [-0.2, -0.15) is 13.2 Å². The summed E-state index contributed by atoms with van der Waals surface area (Å²) in [6.07, 6.45) is -2.02. The molecule has 0 aliphatic carbocycles. The molecular formula is C11H18F3N3. The van der Waals surface area contributed by atoms with Crippen LogP contribution in [0.15, 0.2) is 6.20 Å². The van der Waals surface area contributed by atoms with Crippen molar-refractivity contribution in [3.05, 3.63) is 11.9 Å². The molecule has 0 amide bonds. The van der Waals surface area contributed by atoms with E-state index in [4.69, 9.17) is 0 Å². The van der Waals surface area contributed by atoms with Gasteiger partial charge in [-0.3, -0.25) is 0 Å². The van der Waals surface area contributed by atoms with E-state index in [9.17, 15) is 13.2 Å². The van der Waals surface area contributed by atoms with Crippen molar-refractivity contribution in [2.24, 2.45) is 0 Å². The fraction of sp³-hybridized carbons (Fsp3) is 0.727. The predicted molar refractivity (Wildman–Crippen MR) is 61.0 cm³/mol. The van der Waals surface area contributed by atoms with Crippen molar-refractivity contribution in [3.8, 4) is 0 Å². The molecule has 0 bridgehead atoms. The number of hydrogen-bond acceptors (Lipinski definition) is 2.